The first-order valence-corrected chi connectivity index (χ1v) is 9.02. The number of nitrogens with two attached hydrogens (primary N) is 1. The highest BCUT2D eigenvalue weighted by Crippen LogP contribution is 2.04. The van der Waals surface area contributed by atoms with Gasteiger partial charge in [-0.25, -0.2) is 0 Å². The first kappa shape index (κ1) is 22.3. The quantitative estimate of drug-likeness (QED) is 0.181. The van der Waals surface area contributed by atoms with E-state index in [1.165, 1.54) is 12.8 Å². The van der Waals surface area contributed by atoms with Crippen molar-refractivity contribution in [2.24, 2.45) is 5.73 Å². The van der Waals surface area contributed by atoms with Gasteiger partial charge in [0, 0.05) is 58.8 Å². The lowest BCUT2D eigenvalue weighted by atomic mass is 10.1. The Hall–Kier alpha value is -0.730. The molecule has 0 aliphatic heterocycles. The molecular formula is C16H37N5O2. The Kier molecular flexibility index (Phi) is 18.7. The molecule has 0 aromatic carbocycles. The van der Waals surface area contributed by atoms with Gasteiger partial charge in [0.05, 0.1) is 0 Å². The van der Waals surface area contributed by atoms with Crippen molar-refractivity contribution in [3.8, 4) is 0 Å². The van der Waals surface area contributed by atoms with Crippen molar-refractivity contribution >= 4 is 5.97 Å². The SMILES string of the molecule is NCCNCCNCCNCCNCCCCCCCC(=O)O. The minimum atomic E-state index is -0.683. The van der Waals surface area contributed by atoms with Gasteiger partial charge in [-0.2, -0.15) is 0 Å². The Labute approximate surface area is 141 Å². The van der Waals surface area contributed by atoms with E-state index in [4.69, 9.17) is 10.8 Å². The zero-order valence-electron chi connectivity index (χ0n) is 14.5. The van der Waals surface area contributed by atoms with Crippen molar-refractivity contribution < 1.29 is 9.90 Å². The summed E-state index contributed by atoms with van der Waals surface area (Å²) in [6, 6.07) is 0. The van der Waals surface area contributed by atoms with Gasteiger partial charge in [0.2, 0.25) is 0 Å². The number of aliphatic carboxylic acids is 1. The predicted octanol–water partition coefficient (Wildman–Crippen LogP) is -0.271. The number of rotatable bonds is 19. The number of carboxylic acids is 1. The van der Waals surface area contributed by atoms with Gasteiger partial charge in [-0.3, -0.25) is 4.79 Å². The normalized spacial score (nSPS) is 11.0. The van der Waals surface area contributed by atoms with E-state index in [0.29, 0.717) is 13.0 Å². The zero-order valence-corrected chi connectivity index (χ0v) is 14.5. The van der Waals surface area contributed by atoms with Crippen LogP contribution in [-0.4, -0.2) is 70.0 Å². The molecule has 0 radical (unpaired) electrons. The fourth-order valence-corrected chi connectivity index (χ4v) is 2.19. The minimum absolute atomic E-state index is 0.309. The number of carbonyl (C=O) groups is 1. The molecule has 23 heavy (non-hydrogen) atoms. The minimum Gasteiger partial charge on any atom is -0.481 e. The third kappa shape index (κ3) is 21.3. The van der Waals surface area contributed by atoms with Gasteiger partial charge >= 0.3 is 5.97 Å². The summed E-state index contributed by atoms with van der Waals surface area (Å²) in [4.78, 5) is 10.3. The van der Waals surface area contributed by atoms with Crippen LogP contribution >= 0.6 is 0 Å². The summed E-state index contributed by atoms with van der Waals surface area (Å²) >= 11 is 0. The van der Waals surface area contributed by atoms with Crippen molar-refractivity contribution in [3.05, 3.63) is 0 Å². The van der Waals surface area contributed by atoms with Crippen LogP contribution in [0.25, 0.3) is 0 Å². The number of carboxylic acid groups (broad SMARTS) is 1. The largest absolute Gasteiger partial charge is 0.481 e. The van der Waals surface area contributed by atoms with E-state index < -0.39 is 5.97 Å². The Morgan fingerprint density at radius 2 is 1.09 bits per heavy atom. The van der Waals surface area contributed by atoms with Gasteiger partial charge in [-0.15, -0.1) is 0 Å². The van der Waals surface area contributed by atoms with Crippen molar-refractivity contribution in [1.82, 2.24) is 21.3 Å². The lowest BCUT2D eigenvalue weighted by Crippen LogP contribution is -2.36. The van der Waals surface area contributed by atoms with Crippen molar-refractivity contribution in [1.29, 1.82) is 0 Å². The molecule has 138 valence electrons. The molecule has 7 nitrogen and oxygen atoms in total. The average Bonchev–Trinajstić information content (AvgIpc) is 2.53. The fourth-order valence-electron chi connectivity index (χ4n) is 2.19. The monoisotopic (exact) mass is 331 g/mol. The highest BCUT2D eigenvalue weighted by molar-refractivity contribution is 5.66. The molecule has 0 fully saturated rings. The summed E-state index contributed by atoms with van der Waals surface area (Å²) in [5, 5.41) is 21.9. The molecule has 0 bridgehead atoms. The van der Waals surface area contributed by atoms with Crippen LogP contribution in [0.2, 0.25) is 0 Å². The first-order valence-electron chi connectivity index (χ1n) is 9.02. The Balaban J connectivity index is 2.96. The molecule has 0 saturated heterocycles. The van der Waals surface area contributed by atoms with Crippen LogP contribution in [0.4, 0.5) is 0 Å². The molecular weight excluding hydrogens is 294 g/mol. The summed E-state index contributed by atoms with van der Waals surface area (Å²) in [6.45, 7) is 8.53. The molecule has 0 spiro atoms. The van der Waals surface area contributed by atoms with Crippen LogP contribution in [0, 0.1) is 0 Å². The van der Waals surface area contributed by atoms with E-state index in [2.05, 4.69) is 21.3 Å². The maximum atomic E-state index is 10.3. The third-order valence-corrected chi connectivity index (χ3v) is 3.50. The maximum absolute atomic E-state index is 10.3. The highest BCUT2D eigenvalue weighted by Gasteiger charge is 1.96. The summed E-state index contributed by atoms with van der Waals surface area (Å²) in [6.07, 6.45) is 5.64. The Morgan fingerprint density at radius 1 is 0.652 bits per heavy atom. The molecule has 0 aromatic heterocycles. The molecule has 0 saturated carbocycles. The van der Waals surface area contributed by atoms with Crippen LogP contribution in [0.15, 0.2) is 0 Å². The van der Waals surface area contributed by atoms with Gasteiger partial charge in [0.1, 0.15) is 0 Å². The molecule has 7 N–H and O–H groups in total. The lowest BCUT2D eigenvalue weighted by molar-refractivity contribution is -0.137. The van der Waals surface area contributed by atoms with E-state index in [1.54, 1.807) is 0 Å². The van der Waals surface area contributed by atoms with Crippen LogP contribution in [-0.2, 0) is 4.79 Å². The van der Waals surface area contributed by atoms with Crippen molar-refractivity contribution in [3.63, 3.8) is 0 Å². The molecule has 0 heterocycles. The van der Waals surface area contributed by atoms with Crippen molar-refractivity contribution in [2.45, 2.75) is 38.5 Å². The van der Waals surface area contributed by atoms with Gasteiger partial charge in [0.15, 0.2) is 0 Å². The van der Waals surface area contributed by atoms with Crippen LogP contribution < -0.4 is 27.0 Å². The highest BCUT2D eigenvalue weighted by atomic mass is 16.4. The average molecular weight is 332 g/mol. The standard InChI is InChI=1S/C16H37N5O2/c17-7-9-19-11-13-21-15-14-20-12-10-18-8-5-3-1-2-4-6-16(22)23/h18-21H,1-15,17H2,(H,22,23). The number of hydrogen-bond donors (Lipinski definition) is 6. The summed E-state index contributed by atoms with van der Waals surface area (Å²) in [7, 11) is 0. The summed E-state index contributed by atoms with van der Waals surface area (Å²) in [5.74, 6) is -0.683. The second kappa shape index (κ2) is 19.3. The number of nitrogens with one attached hydrogen (secondary N) is 4. The van der Waals surface area contributed by atoms with Crippen LogP contribution in [0.3, 0.4) is 0 Å². The molecule has 0 aliphatic carbocycles. The van der Waals surface area contributed by atoms with E-state index >= 15 is 0 Å². The van der Waals surface area contributed by atoms with E-state index in [1.807, 2.05) is 0 Å². The number of unbranched alkanes of at least 4 members (excludes halogenated alkanes) is 4. The van der Waals surface area contributed by atoms with Crippen molar-refractivity contribution in [2.75, 3.05) is 58.9 Å². The van der Waals surface area contributed by atoms with E-state index in [-0.39, 0.29) is 0 Å². The maximum Gasteiger partial charge on any atom is 0.303 e. The van der Waals surface area contributed by atoms with Gasteiger partial charge in [0.25, 0.3) is 0 Å². The van der Waals surface area contributed by atoms with E-state index in [0.717, 1.165) is 71.6 Å². The smallest absolute Gasteiger partial charge is 0.303 e. The van der Waals surface area contributed by atoms with Gasteiger partial charge in [-0.05, 0) is 19.4 Å². The predicted molar refractivity (Wildman–Crippen MR) is 95.9 cm³/mol. The molecule has 0 unspecified atom stereocenters. The van der Waals surface area contributed by atoms with Crippen LogP contribution in [0.5, 0.6) is 0 Å². The summed E-state index contributed by atoms with van der Waals surface area (Å²) in [5.41, 5.74) is 5.39. The third-order valence-electron chi connectivity index (χ3n) is 3.50. The van der Waals surface area contributed by atoms with Gasteiger partial charge < -0.3 is 32.1 Å². The molecule has 0 amide bonds. The molecule has 7 heteroatoms. The first-order chi connectivity index (χ1) is 11.3. The van der Waals surface area contributed by atoms with E-state index in [9.17, 15) is 4.79 Å². The molecule has 0 atom stereocenters. The summed E-state index contributed by atoms with van der Waals surface area (Å²) < 4.78 is 0. The number of hydrogen-bond acceptors (Lipinski definition) is 6. The second-order valence-electron chi connectivity index (χ2n) is 5.70. The lowest BCUT2D eigenvalue weighted by Gasteiger charge is -2.08. The van der Waals surface area contributed by atoms with Gasteiger partial charge in [-0.1, -0.05) is 19.3 Å². The second-order valence-corrected chi connectivity index (χ2v) is 5.70. The Bertz CT molecular complexity index is 255. The Morgan fingerprint density at radius 3 is 1.61 bits per heavy atom. The molecule has 0 aliphatic rings. The van der Waals surface area contributed by atoms with Crippen LogP contribution in [0.1, 0.15) is 38.5 Å². The molecule has 0 rings (SSSR count). The fraction of sp³-hybridized carbons (Fsp3) is 0.938. The molecule has 0 aromatic rings. The topological polar surface area (TPSA) is 111 Å². The zero-order chi connectivity index (χ0) is 17.0.